The van der Waals surface area contributed by atoms with E-state index in [1.54, 1.807) is 72.7 Å². The second-order valence-electron chi connectivity index (χ2n) is 21.5. The third kappa shape index (κ3) is 17.7. The Balaban J connectivity index is 1.49. The molecule has 29 heteroatoms. The number of hydrogen-bond donors (Lipinski definition) is 7. The number of amides is 5. The number of unbranched alkanes of at least 4 members (excludes halogenated alkanes) is 1. The van der Waals surface area contributed by atoms with Crippen LogP contribution in [0.3, 0.4) is 0 Å². The highest BCUT2D eigenvalue weighted by Gasteiger charge is 2.42. The molecule has 2 aromatic heterocycles. The molecule has 0 aliphatic carbocycles. The second kappa shape index (κ2) is 27.0. The van der Waals surface area contributed by atoms with Crippen molar-refractivity contribution in [3.05, 3.63) is 79.1 Å². The van der Waals surface area contributed by atoms with Crippen molar-refractivity contribution in [2.75, 3.05) is 19.8 Å². The number of aromatic amines is 1. The van der Waals surface area contributed by atoms with Crippen LogP contribution in [0.5, 0.6) is 0 Å². The van der Waals surface area contributed by atoms with Crippen molar-refractivity contribution < 1.29 is 66.8 Å². The smallest absolute Gasteiger partial charge is 0.419 e. The summed E-state index contributed by atoms with van der Waals surface area (Å²) < 4.78 is 30.7. The molecular weight excluding hydrogens is 1070 g/mol. The average molecular weight is 1150 g/mol. The van der Waals surface area contributed by atoms with Crippen LogP contribution in [0.1, 0.15) is 118 Å². The number of alkyl carbamates (subject to hydrolysis) is 1. The molecule has 2 aliphatic rings. The number of hydrogen-bond acceptors (Lipinski definition) is 16. The van der Waals surface area contributed by atoms with E-state index in [-0.39, 0.29) is 31.4 Å². The zero-order valence-electron chi connectivity index (χ0n) is 45.9. The van der Waals surface area contributed by atoms with Gasteiger partial charge in [0.1, 0.15) is 47.6 Å². The Labute approximate surface area is 460 Å². The number of nitrogens with zero attached hydrogens (tertiary/aromatic N) is 6. The topological polar surface area (TPSA) is 366 Å². The van der Waals surface area contributed by atoms with Crippen molar-refractivity contribution in [2.24, 2.45) is 11.0 Å². The number of ether oxygens (including phenoxy) is 3. The lowest BCUT2D eigenvalue weighted by Gasteiger charge is -2.33. The minimum atomic E-state index is -4.42. The van der Waals surface area contributed by atoms with Gasteiger partial charge in [-0.25, -0.2) is 14.4 Å². The summed E-state index contributed by atoms with van der Waals surface area (Å²) in [7, 11) is 0. The molecular formula is C50H72N11O16PS. The summed E-state index contributed by atoms with van der Waals surface area (Å²) in [5, 5.41) is 24.0. The lowest BCUT2D eigenvalue weighted by Crippen LogP contribution is -2.60. The number of carboxylic acids is 1. The first-order valence-corrected chi connectivity index (χ1v) is 28.4. The molecule has 5 amide bonds. The van der Waals surface area contributed by atoms with E-state index in [4.69, 9.17) is 35.1 Å². The molecule has 1 aromatic carbocycles. The number of para-hydroxylation sites is 1. The number of likely N-dealkylation sites (tertiary alicyclic amines) is 1. The normalized spacial score (nSPS) is 20.1. The first-order chi connectivity index (χ1) is 36.9. The van der Waals surface area contributed by atoms with Gasteiger partial charge in [0.25, 0.3) is 5.56 Å². The summed E-state index contributed by atoms with van der Waals surface area (Å²) in [5.74, 6) is -5.13. The molecule has 4 heterocycles. The van der Waals surface area contributed by atoms with Gasteiger partial charge in [-0.1, -0.05) is 50.0 Å². The van der Waals surface area contributed by atoms with Crippen LogP contribution in [0.4, 0.5) is 9.59 Å². The van der Waals surface area contributed by atoms with Gasteiger partial charge in [-0.2, -0.15) is 0 Å². The van der Waals surface area contributed by atoms with Gasteiger partial charge >= 0.3 is 30.6 Å². The van der Waals surface area contributed by atoms with Crippen molar-refractivity contribution in [3.8, 4) is 0 Å². The molecule has 434 valence electrons. The lowest BCUT2D eigenvalue weighted by molar-refractivity contribution is -0.145. The number of rotatable bonds is 23. The maximum Gasteiger partial charge on any atom is 0.419 e. The molecule has 7 N–H and O–H groups in total. The molecule has 2 aliphatic heterocycles. The van der Waals surface area contributed by atoms with Gasteiger partial charge in [-0.3, -0.25) is 42.9 Å². The number of aryl methyl sites for hydroxylation is 1. The summed E-state index contributed by atoms with van der Waals surface area (Å²) in [4.78, 5) is 139. The third-order valence-corrected chi connectivity index (χ3v) is 14.4. The van der Waals surface area contributed by atoms with E-state index in [2.05, 4.69) is 36.3 Å². The van der Waals surface area contributed by atoms with Crippen LogP contribution < -0.4 is 32.5 Å². The Morgan fingerprint density at radius 2 is 1.63 bits per heavy atom. The van der Waals surface area contributed by atoms with Crippen molar-refractivity contribution in [2.45, 2.75) is 174 Å². The van der Waals surface area contributed by atoms with Crippen LogP contribution in [-0.2, 0) is 65.5 Å². The van der Waals surface area contributed by atoms with Crippen molar-refractivity contribution in [1.82, 2.24) is 40.3 Å². The predicted molar refractivity (Wildman–Crippen MR) is 289 cm³/mol. The average Bonchev–Trinajstić information content (AvgIpc) is 4.11. The maximum atomic E-state index is 15.1. The number of aliphatic carboxylic acids is 1. The molecule has 2 saturated heterocycles. The SMILES string of the molecule is CCCC[C@H](C)[C@H](NC(=O)[C@H](Cc1cn(C(=O)OC(C)(C)C)c2ccccc12)NC(=O)[C@H](COP(O)(=S)OC[C@H]1OC(n2cc(C)c(=O)[nH]c2=O)CC1N=[N+]=[N-])NC(=O)OC(C)(C)C)C(=O)N1CCC[C@H]1C(=O)N[C@@H](C)C(=O)O. The van der Waals surface area contributed by atoms with Crippen LogP contribution in [0.2, 0.25) is 0 Å². The number of carboxylic acid groups (broad SMARTS) is 1. The van der Waals surface area contributed by atoms with E-state index in [9.17, 15) is 53.9 Å². The highest BCUT2D eigenvalue weighted by molar-refractivity contribution is 8.07. The first kappa shape index (κ1) is 63.2. The standard InChI is InChI=1S/C50H72N11O16PS/c1-11-12-16-27(2)39(44(66)59-20-15-19-36(59)43(65)52-29(4)45(67)68)55-41(63)33(21-30-24-60(48(71)77-50(8,9)10)35-18-14-13-17-31(30)35)53-42(64)34(54-47(70)76-49(5,6)7)25-73-78(72,79)74-26-37-32(57-58-51)22-38(75-37)61-23-28(3)40(62)56-46(61)69/h13-14,17-18,23-24,27,29,32-34,36-39H,11-12,15-16,19-22,25-26H2,1-10H3,(H,52,65)(H,53,64)(H,54,70)(H,55,63)(H,67,68)(H,72,79)(H,56,62,69)/t27-,29-,32?,33-,34-,36-,37+,38?,39-,78?/m0/s1. The molecule has 2 fully saturated rings. The van der Waals surface area contributed by atoms with E-state index in [1.807, 2.05) is 6.92 Å². The van der Waals surface area contributed by atoms with Crippen molar-refractivity contribution in [3.63, 3.8) is 0 Å². The number of benzene rings is 1. The van der Waals surface area contributed by atoms with E-state index in [0.29, 0.717) is 35.7 Å². The Kier molecular flexibility index (Phi) is 21.6. The minimum Gasteiger partial charge on any atom is -0.480 e. The molecule has 3 unspecified atom stereocenters. The Morgan fingerprint density at radius 3 is 2.28 bits per heavy atom. The van der Waals surface area contributed by atoms with Gasteiger partial charge in [-0.05, 0) is 110 Å². The molecule has 0 radical (unpaired) electrons. The first-order valence-electron chi connectivity index (χ1n) is 25.8. The van der Waals surface area contributed by atoms with Gasteiger partial charge in [0.15, 0.2) is 0 Å². The zero-order chi connectivity index (χ0) is 58.7. The molecule has 0 saturated carbocycles. The summed E-state index contributed by atoms with van der Waals surface area (Å²) in [5.41, 5.74) is 6.85. The van der Waals surface area contributed by atoms with E-state index >= 15 is 4.79 Å². The quantitative estimate of drug-likeness (QED) is 0.0301. The molecule has 0 bridgehead atoms. The largest absolute Gasteiger partial charge is 0.480 e. The highest BCUT2D eigenvalue weighted by Crippen LogP contribution is 2.45. The lowest BCUT2D eigenvalue weighted by atomic mass is 9.93. The van der Waals surface area contributed by atoms with Gasteiger partial charge in [0.2, 0.25) is 23.6 Å². The van der Waals surface area contributed by atoms with Crippen LogP contribution in [0.15, 0.2) is 51.4 Å². The van der Waals surface area contributed by atoms with Crippen molar-refractivity contribution >= 4 is 71.2 Å². The van der Waals surface area contributed by atoms with Gasteiger partial charge in [0, 0.05) is 47.6 Å². The monoisotopic (exact) mass is 1150 g/mol. The van der Waals surface area contributed by atoms with Crippen LogP contribution >= 0.6 is 6.72 Å². The molecule has 0 spiro atoms. The fourth-order valence-corrected chi connectivity index (χ4v) is 9.97. The number of azide groups is 1. The summed E-state index contributed by atoms with van der Waals surface area (Å²) in [6.07, 6.45) is 0.736. The van der Waals surface area contributed by atoms with E-state index < -0.39 is 139 Å². The van der Waals surface area contributed by atoms with Gasteiger partial charge in [-0.15, -0.1) is 0 Å². The zero-order valence-corrected chi connectivity index (χ0v) is 47.6. The minimum absolute atomic E-state index is 0.0482. The highest BCUT2D eigenvalue weighted by atomic mass is 32.5. The van der Waals surface area contributed by atoms with E-state index in [1.165, 1.54) is 35.7 Å². The van der Waals surface area contributed by atoms with Crippen LogP contribution in [0, 0.1) is 12.8 Å². The molecule has 3 aromatic rings. The van der Waals surface area contributed by atoms with Crippen LogP contribution in [0.25, 0.3) is 21.3 Å². The molecule has 79 heavy (non-hydrogen) atoms. The Morgan fingerprint density at radius 1 is 0.962 bits per heavy atom. The number of fused-ring (bicyclic) bond motifs is 1. The van der Waals surface area contributed by atoms with Gasteiger partial charge < -0.3 is 59.4 Å². The number of nitrogens with one attached hydrogen (secondary N) is 5. The van der Waals surface area contributed by atoms with Gasteiger partial charge in [0.05, 0.1) is 30.9 Å². The number of carbonyl (C=O) groups is 7. The Bertz CT molecular complexity index is 2960. The number of H-pyrrole nitrogens is 1. The molecule has 10 atom stereocenters. The summed E-state index contributed by atoms with van der Waals surface area (Å²) in [6.45, 7) is 10.4. The Hall–Kier alpha value is -6.67. The number of carbonyl (C=O) groups excluding carboxylic acids is 6. The molecule has 5 rings (SSSR count). The van der Waals surface area contributed by atoms with Crippen molar-refractivity contribution in [1.29, 1.82) is 0 Å². The fourth-order valence-electron chi connectivity index (χ4n) is 8.85. The number of aromatic nitrogens is 3. The van der Waals surface area contributed by atoms with E-state index in [0.717, 1.165) is 11.0 Å². The maximum absolute atomic E-state index is 15.1. The van der Waals surface area contributed by atoms with Crippen LogP contribution in [-0.4, -0.2) is 144 Å². The third-order valence-electron chi connectivity index (χ3n) is 12.8. The summed E-state index contributed by atoms with van der Waals surface area (Å²) in [6, 6.07) is -1.25. The predicted octanol–water partition coefficient (Wildman–Crippen LogP) is 4.31. The fraction of sp³-hybridized carbons (Fsp3) is 0.620. The second-order valence-corrected chi connectivity index (χ2v) is 24.4. The summed E-state index contributed by atoms with van der Waals surface area (Å²) >= 11 is 5.31. The molecule has 27 nitrogen and oxygen atoms in total.